The van der Waals surface area contributed by atoms with Gasteiger partial charge in [0.2, 0.25) is 0 Å². The molecule has 2 amide bonds. The van der Waals surface area contributed by atoms with Gasteiger partial charge in [0, 0.05) is 22.5 Å². The van der Waals surface area contributed by atoms with Crippen molar-refractivity contribution in [3.05, 3.63) is 45.3 Å². The Morgan fingerprint density at radius 2 is 1.81 bits per heavy atom. The number of fused-ring (bicyclic) bond motifs is 1. The highest BCUT2D eigenvalue weighted by Gasteiger charge is 2.26. The maximum absolute atomic E-state index is 12.9. The lowest BCUT2D eigenvalue weighted by atomic mass is 9.95. The molecule has 1 aliphatic carbocycles. The number of hydrogen-bond acceptors (Lipinski definition) is 5. The lowest BCUT2D eigenvalue weighted by Gasteiger charge is -2.13. The summed E-state index contributed by atoms with van der Waals surface area (Å²) in [6.07, 6.45) is 3.76. The first kappa shape index (κ1) is 19.4. The highest BCUT2D eigenvalue weighted by atomic mass is 35.5. The summed E-state index contributed by atoms with van der Waals surface area (Å²) >= 11 is 7.29. The molecule has 1 aromatic carbocycles. The van der Waals surface area contributed by atoms with Crippen molar-refractivity contribution in [2.45, 2.75) is 32.6 Å². The third-order valence-electron chi connectivity index (χ3n) is 4.16. The number of anilines is 2. The number of carbonyl (C=O) groups excluding carboxylic acids is 3. The third-order valence-corrected chi connectivity index (χ3v) is 5.62. The van der Waals surface area contributed by atoms with E-state index in [0.29, 0.717) is 21.3 Å². The third kappa shape index (κ3) is 4.87. The van der Waals surface area contributed by atoms with Crippen LogP contribution >= 0.6 is 22.9 Å². The van der Waals surface area contributed by atoms with Gasteiger partial charge in [-0.2, -0.15) is 0 Å². The molecule has 2 N–H and O–H groups in total. The zero-order valence-corrected chi connectivity index (χ0v) is 16.3. The van der Waals surface area contributed by atoms with Gasteiger partial charge >= 0.3 is 5.97 Å². The number of ether oxygens (including phenoxy) is 1. The average molecular weight is 407 g/mol. The fourth-order valence-electron chi connectivity index (χ4n) is 2.95. The minimum Gasteiger partial charge on any atom is -0.456 e. The molecule has 3 rings (SSSR count). The van der Waals surface area contributed by atoms with E-state index in [1.54, 1.807) is 24.3 Å². The van der Waals surface area contributed by atoms with Gasteiger partial charge in [-0.15, -0.1) is 11.3 Å². The summed E-state index contributed by atoms with van der Waals surface area (Å²) in [4.78, 5) is 37.0. The number of benzene rings is 1. The molecule has 0 spiro atoms. The van der Waals surface area contributed by atoms with Crippen molar-refractivity contribution in [3.8, 4) is 0 Å². The molecular weight excluding hydrogens is 388 g/mol. The standard InChI is InChI=1S/C19H19ClN2O4S/c1-11(23)26-10-16(24)22-19-17(14-4-2-3-5-15(14)27-19)18(25)21-13-8-6-12(20)7-9-13/h6-9H,2-5,10H2,1H3,(H,21,25)(H,22,24). The molecule has 0 bridgehead atoms. The second-order valence-electron chi connectivity index (χ2n) is 6.20. The molecule has 0 saturated carbocycles. The van der Waals surface area contributed by atoms with Crippen LogP contribution in [0.4, 0.5) is 10.7 Å². The second-order valence-corrected chi connectivity index (χ2v) is 7.75. The minimum absolute atomic E-state index is 0.278. The van der Waals surface area contributed by atoms with E-state index >= 15 is 0 Å². The molecule has 8 heteroatoms. The van der Waals surface area contributed by atoms with Crippen molar-refractivity contribution in [2.24, 2.45) is 0 Å². The van der Waals surface area contributed by atoms with Crippen molar-refractivity contribution in [3.63, 3.8) is 0 Å². The number of rotatable bonds is 5. The molecule has 0 atom stereocenters. The Labute approximate surface area is 165 Å². The van der Waals surface area contributed by atoms with Crippen LogP contribution in [0.3, 0.4) is 0 Å². The molecule has 142 valence electrons. The number of hydrogen-bond donors (Lipinski definition) is 2. The molecule has 1 aromatic heterocycles. The molecule has 0 unspecified atom stereocenters. The van der Waals surface area contributed by atoms with Crippen molar-refractivity contribution in [1.82, 2.24) is 0 Å². The topological polar surface area (TPSA) is 84.5 Å². The molecular formula is C19H19ClN2O4S. The molecule has 6 nitrogen and oxygen atoms in total. The van der Waals surface area contributed by atoms with E-state index in [4.69, 9.17) is 16.3 Å². The van der Waals surface area contributed by atoms with Gasteiger partial charge < -0.3 is 15.4 Å². The summed E-state index contributed by atoms with van der Waals surface area (Å²) < 4.78 is 4.73. The first-order valence-electron chi connectivity index (χ1n) is 8.58. The SMILES string of the molecule is CC(=O)OCC(=O)Nc1sc2c(c1C(=O)Nc1ccc(Cl)cc1)CCCC2. The van der Waals surface area contributed by atoms with Gasteiger partial charge in [-0.1, -0.05) is 11.6 Å². The van der Waals surface area contributed by atoms with Gasteiger partial charge in [-0.25, -0.2) is 0 Å². The molecule has 2 aromatic rings. The smallest absolute Gasteiger partial charge is 0.303 e. The lowest BCUT2D eigenvalue weighted by Crippen LogP contribution is -2.22. The number of nitrogens with one attached hydrogen (secondary N) is 2. The highest BCUT2D eigenvalue weighted by Crippen LogP contribution is 2.38. The van der Waals surface area contributed by atoms with Crippen LogP contribution in [0.25, 0.3) is 0 Å². The van der Waals surface area contributed by atoms with Crippen LogP contribution in [0.5, 0.6) is 0 Å². The van der Waals surface area contributed by atoms with E-state index in [1.807, 2.05) is 0 Å². The van der Waals surface area contributed by atoms with Crippen LogP contribution in [-0.4, -0.2) is 24.4 Å². The Balaban J connectivity index is 1.84. The molecule has 0 aliphatic heterocycles. The van der Waals surface area contributed by atoms with E-state index in [9.17, 15) is 14.4 Å². The molecule has 0 fully saturated rings. The molecule has 1 heterocycles. The summed E-state index contributed by atoms with van der Waals surface area (Å²) in [6.45, 7) is 0.859. The maximum Gasteiger partial charge on any atom is 0.303 e. The van der Waals surface area contributed by atoms with Gasteiger partial charge in [-0.05, 0) is 55.5 Å². The number of carbonyl (C=O) groups is 3. The monoisotopic (exact) mass is 406 g/mol. The van der Waals surface area contributed by atoms with E-state index in [1.165, 1.54) is 18.3 Å². The molecule has 0 radical (unpaired) electrons. The van der Waals surface area contributed by atoms with Crippen molar-refractivity contribution in [1.29, 1.82) is 0 Å². The van der Waals surface area contributed by atoms with Gasteiger partial charge in [0.15, 0.2) is 6.61 Å². The first-order valence-corrected chi connectivity index (χ1v) is 9.78. The van der Waals surface area contributed by atoms with E-state index < -0.39 is 11.9 Å². The zero-order chi connectivity index (χ0) is 19.4. The van der Waals surface area contributed by atoms with Crippen LogP contribution in [0.1, 0.15) is 40.6 Å². The summed E-state index contributed by atoms with van der Waals surface area (Å²) in [6, 6.07) is 6.83. The van der Waals surface area contributed by atoms with Gasteiger partial charge in [0.1, 0.15) is 5.00 Å². The number of thiophene rings is 1. The number of amides is 2. The van der Waals surface area contributed by atoms with Crippen LogP contribution in [0.15, 0.2) is 24.3 Å². The van der Waals surface area contributed by atoms with E-state index in [0.717, 1.165) is 36.1 Å². The first-order chi connectivity index (χ1) is 12.9. The Kier molecular flexibility index (Phi) is 6.13. The van der Waals surface area contributed by atoms with Crippen LogP contribution in [-0.2, 0) is 27.2 Å². The van der Waals surface area contributed by atoms with Crippen LogP contribution in [0, 0.1) is 0 Å². The van der Waals surface area contributed by atoms with Crippen LogP contribution in [0.2, 0.25) is 5.02 Å². The Hall–Kier alpha value is -2.38. The zero-order valence-electron chi connectivity index (χ0n) is 14.8. The van der Waals surface area contributed by atoms with Gasteiger partial charge in [0.05, 0.1) is 5.56 Å². The largest absolute Gasteiger partial charge is 0.456 e. The van der Waals surface area contributed by atoms with E-state index in [2.05, 4.69) is 10.6 Å². The van der Waals surface area contributed by atoms with Crippen LogP contribution < -0.4 is 10.6 Å². The van der Waals surface area contributed by atoms with Crippen molar-refractivity contribution < 1.29 is 19.1 Å². The summed E-state index contributed by atoms with van der Waals surface area (Å²) in [5.74, 6) is -1.28. The van der Waals surface area contributed by atoms with E-state index in [-0.39, 0.29) is 12.5 Å². The Morgan fingerprint density at radius 1 is 1.11 bits per heavy atom. The Morgan fingerprint density at radius 3 is 2.52 bits per heavy atom. The predicted octanol–water partition coefficient (Wildman–Crippen LogP) is 4.03. The second kappa shape index (κ2) is 8.54. The molecule has 27 heavy (non-hydrogen) atoms. The lowest BCUT2D eigenvalue weighted by molar-refractivity contribution is -0.144. The quantitative estimate of drug-likeness (QED) is 0.734. The van der Waals surface area contributed by atoms with Gasteiger partial charge in [0.25, 0.3) is 11.8 Å². The predicted molar refractivity (Wildman–Crippen MR) is 106 cm³/mol. The molecule has 1 aliphatic rings. The summed E-state index contributed by atoms with van der Waals surface area (Å²) in [5.41, 5.74) is 2.10. The number of halogens is 1. The maximum atomic E-state index is 12.9. The summed E-state index contributed by atoms with van der Waals surface area (Å²) in [7, 11) is 0. The van der Waals surface area contributed by atoms with Crippen molar-refractivity contribution >= 4 is 51.4 Å². The average Bonchev–Trinajstić information content (AvgIpc) is 2.99. The summed E-state index contributed by atoms with van der Waals surface area (Å²) in [5, 5.41) is 6.65. The minimum atomic E-state index is -0.531. The molecule has 0 saturated heterocycles. The fourth-order valence-corrected chi connectivity index (χ4v) is 4.38. The van der Waals surface area contributed by atoms with Gasteiger partial charge in [-0.3, -0.25) is 14.4 Å². The number of esters is 1. The Bertz CT molecular complexity index is 877. The normalized spacial score (nSPS) is 12.8. The number of aryl methyl sites for hydroxylation is 1. The van der Waals surface area contributed by atoms with Crippen molar-refractivity contribution in [2.75, 3.05) is 17.2 Å². The fraction of sp³-hybridized carbons (Fsp3) is 0.316. The highest BCUT2D eigenvalue weighted by molar-refractivity contribution is 7.17.